The lowest BCUT2D eigenvalue weighted by molar-refractivity contribution is -0.122. The molecular weight excluding hydrogens is 294 g/mol. The molecule has 1 saturated heterocycles. The van der Waals surface area contributed by atoms with Gasteiger partial charge in [-0.1, -0.05) is 25.0 Å². The molecule has 23 heavy (non-hydrogen) atoms. The SMILES string of the molecule is NC(=O)COc1ccc(CNC(=O)CN2CCCCCC2)cc1. The zero-order valence-electron chi connectivity index (χ0n) is 13.4. The van der Waals surface area contributed by atoms with Crippen molar-refractivity contribution in [1.82, 2.24) is 10.2 Å². The average Bonchev–Trinajstić information content (AvgIpc) is 2.80. The average molecular weight is 319 g/mol. The van der Waals surface area contributed by atoms with Crippen molar-refractivity contribution in [1.29, 1.82) is 0 Å². The summed E-state index contributed by atoms with van der Waals surface area (Å²) in [5.74, 6) is 0.138. The number of hydrogen-bond donors (Lipinski definition) is 2. The summed E-state index contributed by atoms with van der Waals surface area (Å²) in [6.07, 6.45) is 4.89. The minimum atomic E-state index is -0.505. The number of rotatable bonds is 7. The molecule has 1 aliphatic rings. The monoisotopic (exact) mass is 319 g/mol. The number of carbonyl (C=O) groups is 2. The van der Waals surface area contributed by atoms with Crippen LogP contribution in [0.2, 0.25) is 0 Å². The van der Waals surface area contributed by atoms with Crippen LogP contribution in [0.15, 0.2) is 24.3 Å². The van der Waals surface area contributed by atoms with Crippen molar-refractivity contribution < 1.29 is 14.3 Å². The van der Waals surface area contributed by atoms with Crippen LogP contribution >= 0.6 is 0 Å². The Morgan fingerprint density at radius 3 is 2.35 bits per heavy atom. The molecule has 0 aromatic heterocycles. The second kappa shape index (κ2) is 9.15. The Hall–Kier alpha value is -2.08. The molecule has 3 N–H and O–H groups in total. The number of hydrogen-bond acceptors (Lipinski definition) is 4. The van der Waals surface area contributed by atoms with Crippen molar-refractivity contribution in [3.8, 4) is 5.75 Å². The van der Waals surface area contributed by atoms with Crippen molar-refractivity contribution in [2.45, 2.75) is 32.2 Å². The first kappa shape index (κ1) is 17.3. The van der Waals surface area contributed by atoms with Gasteiger partial charge in [-0.2, -0.15) is 0 Å². The first-order valence-electron chi connectivity index (χ1n) is 8.12. The molecule has 6 heteroatoms. The van der Waals surface area contributed by atoms with Crippen LogP contribution in [-0.4, -0.2) is 43.0 Å². The molecule has 6 nitrogen and oxygen atoms in total. The summed E-state index contributed by atoms with van der Waals surface area (Å²) in [6.45, 7) is 2.85. The van der Waals surface area contributed by atoms with Crippen LogP contribution in [0, 0.1) is 0 Å². The summed E-state index contributed by atoms with van der Waals surface area (Å²) in [5, 5.41) is 2.94. The van der Waals surface area contributed by atoms with Crippen LogP contribution in [-0.2, 0) is 16.1 Å². The molecule has 1 aliphatic heterocycles. The topological polar surface area (TPSA) is 84.7 Å². The van der Waals surface area contributed by atoms with E-state index in [9.17, 15) is 9.59 Å². The zero-order chi connectivity index (χ0) is 16.5. The predicted octanol–water partition coefficient (Wildman–Crippen LogP) is 1.04. The first-order chi connectivity index (χ1) is 11.1. The fourth-order valence-corrected chi connectivity index (χ4v) is 2.61. The van der Waals surface area contributed by atoms with E-state index >= 15 is 0 Å². The van der Waals surface area contributed by atoms with Gasteiger partial charge in [0.2, 0.25) is 5.91 Å². The van der Waals surface area contributed by atoms with Gasteiger partial charge in [0.15, 0.2) is 6.61 Å². The number of ether oxygens (including phenoxy) is 1. The van der Waals surface area contributed by atoms with Crippen LogP contribution < -0.4 is 15.8 Å². The highest BCUT2D eigenvalue weighted by Crippen LogP contribution is 2.12. The lowest BCUT2D eigenvalue weighted by Gasteiger charge is -2.19. The quantitative estimate of drug-likeness (QED) is 0.786. The number of nitrogens with one attached hydrogen (secondary N) is 1. The van der Waals surface area contributed by atoms with Gasteiger partial charge >= 0.3 is 0 Å². The van der Waals surface area contributed by atoms with Gasteiger partial charge in [0, 0.05) is 6.54 Å². The maximum Gasteiger partial charge on any atom is 0.255 e. The van der Waals surface area contributed by atoms with Gasteiger partial charge in [0.05, 0.1) is 6.54 Å². The Bertz CT molecular complexity index is 508. The van der Waals surface area contributed by atoms with Gasteiger partial charge in [-0.3, -0.25) is 14.5 Å². The summed E-state index contributed by atoms with van der Waals surface area (Å²) >= 11 is 0. The molecule has 0 bridgehead atoms. The van der Waals surface area contributed by atoms with Gasteiger partial charge < -0.3 is 15.8 Å². The van der Waals surface area contributed by atoms with E-state index in [1.54, 1.807) is 12.1 Å². The summed E-state index contributed by atoms with van der Waals surface area (Å²) in [5.41, 5.74) is 6.01. The molecule has 0 aliphatic carbocycles. The molecule has 0 atom stereocenters. The minimum absolute atomic E-state index is 0.0564. The maximum atomic E-state index is 12.0. The van der Waals surface area contributed by atoms with Crippen LogP contribution in [0.3, 0.4) is 0 Å². The summed E-state index contributed by atoms with van der Waals surface area (Å²) < 4.78 is 5.19. The molecule has 2 rings (SSSR count). The molecule has 1 fully saturated rings. The second-order valence-corrected chi connectivity index (χ2v) is 5.87. The predicted molar refractivity (Wildman–Crippen MR) is 87.9 cm³/mol. The molecule has 0 saturated carbocycles. The molecule has 126 valence electrons. The number of benzene rings is 1. The van der Waals surface area contributed by atoms with E-state index in [4.69, 9.17) is 10.5 Å². The number of nitrogens with zero attached hydrogens (tertiary/aromatic N) is 1. The van der Waals surface area contributed by atoms with E-state index in [-0.39, 0.29) is 12.5 Å². The number of nitrogens with two attached hydrogens (primary N) is 1. The molecule has 1 heterocycles. The molecular formula is C17H25N3O3. The number of primary amides is 1. The van der Waals surface area contributed by atoms with Crippen LogP contribution in [0.4, 0.5) is 0 Å². The Balaban J connectivity index is 1.72. The normalized spacial score (nSPS) is 15.7. The van der Waals surface area contributed by atoms with Crippen molar-refractivity contribution in [3.63, 3.8) is 0 Å². The molecule has 1 aromatic carbocycles. The van der Waals surface area contributed by atoms with Gasteiger partial charge in [0.25, 0.3) is 5.91 Å². The zero-order valence-corrected chi connectivity index (χ0v) is 13.4. The third-order valence-corrected chi connectivity index (χ3v) is 3.86. The summed E-state index contributed by atoms with van der Waals surface area (Å²) in [7, 11) is 0. The molecule has 0 unspecified atom stereocenters. The maximum absolute atomic E-state index is 12.0. The van der Waals surface area contributed by atoms with E-state index in [1.807, 2.05) is 12.1 Å². The van der Waals surface area contributed by atoms with Gasteiger partial charge in [0.1, 0.15) is 5.75 Å². The van der Waals surface area contributed by atoms with Crippen molar-refractivity contribution in [3.05, 3.63) is 29.8 Å². The Labute approximate surface area is 137 Å². The summed E-state index contributed by atoms with van der Waals surface area (Å²) in [4.78, 5) is 24.9. The van der Waals surface area contributed by atoms with E-state index in [2.05, 4.69) is 10.2 Å². The van der Waals surface area contributed by atoms with Crippen molar-refractivity contribution in [2.24, 2.45) is 5.73 Å². The Morgan fingerprint density at radius 2 is 1.74 bits per heavy atom. The van der Waals surface area contributed by atoms with E-state index in [0.29, 0.717) is 18.8 Å². The molecule has 0 spiro atoms. The van der Waals surface area contributed by atoms with E-state index < -0.39 is 5.91 Å². The first-order valence-corrected chi connectivity index (χ1v) is 8.12. The largest absolute Gasteiger partial charge is 0.484 e. The fourth-order valence-electron chi connectivity index (χ4n) is 2.61. The Kier molecular flexibility index (Phi) is 6.87. The lowest BCUT2D eigenvalue weighted by atomic mass is 10.2. The lowest BCUT2D eigenvalue weighted by Crippen LogP contribution is -2.37. The van der Waals surface area contributed by atoms with Crippen molar-refractivity contribution >= 4 is 11.8 Å². The number of likely N-dealkylation sites (tertiary alicyclic amines) is 1. The molecule has 1 aromatic rings. The molecule has 0 radical (unpaired) electrons. The third kappa shape index (κ3) is 6.69. The minimum Gasteiger partial charge on any atom is -0.484 e. The van der Waals surface area contributed by atoms with Gasteiger partial charge in [-0.25, -0.2) is 0 Å². The van der Waals surface area contributed by atoms with Crippen molar-refractivity contribution in [2.75, 3.05) is 26.2 Å². The smallest absolute Gasteiger partial charge is 0.255 e. The number of amides is 2. The number of carbonyl (C=O) groups excluding carboxylic acids is 2. The van der Waals surface area contributed by atoms with Gasteiger partial charge in [-0.05, 0) is 43.6 Å². The van der Waals surface area contributed by atoms with Gasteiger partial charge in [-0.15, -0.1) is 0 Å². The molecule has 2 amide bonds. The highest BCUT2D eigenvalue weighted by atomic mass is 16.5. The van der Waals surface area contributed by atoms with Crippen LogP contribution in [0.5, 0.6) is 5.75 Å². The standard InChI is InChI=1S/C17H25N3O3/c18-16(21)13-23-15-7-5-14(6-8-15)11-19-17(22)12-20-9-3-1-2-4-10-20/h5-8H,1-4,9-13H2,(H2,18,21)(H,19,22). The third-order valence-electron chi connectivity index (χ3n) is 3.86. The Morgan fingerprint density at radius 1 is 1.09 bits per heavy atom. The van der Waals surface area contributed by atoms with E-state index in [1.165, 1.54) is 25.7 Å². The van der Waals surface area contributed by atoms with E-state index in [0.717, 1.165) is 18.7 Å². The second-order valence-electron chi connectivity index (χ2n) is 5.87. The highest BCUT2D eigenvalue weighted by molar-refractivity contribution is 5.78. The fraction of sp³-hybridized carbons (Fsp3) is 0.529. The van der Waals surface area contributed by atoms with Crippen LogP contribution in [0.1, 0.15) is 31.2 Å². The highest BCUT2D eigenvalue weighted by Gasteiger charge is 2.12. The summed E-state index contributed by atoms with van der Waals surface area (Å²) in [6, 6.07) is 7.25. The van der Waals surface area contributed by atoms with Crippen LogP contribution in [0.25, 0.3) is 0 Å².